The van der Waals surface area contributed by atoms with Gasteiger partial charge in [-0.05, 0) is 13.3 Å². The number of carbonyl (C=O) groups is 2. The molecule has 0 aromatic rings. The number of carboxylic acids is 2. The fraction of sp³-hybridized carbons (Fsp3) is 0.714. The van der Waals surface area contributed by atoms with Gasteiger partial charge in [0.05, 0.1) is 5.75 Å². The highest BCUT2D eigenvalue weighted by molar-refractivity contribution is 7.89. The molecule has 0 aliphatic heterocycles. The first-order valence-corrected chi connectivity index (χ1v) is 5.88. The van der Waals surface area contributed by atoms with Crippen LogP contribution in [-0.4, -0.2) is 42.4 Å². The first-order valence-electron chi connectivity index (χ1n) is 4.23. The Hall–Kier alpha value is -1.15. The largest absolute Gasteiger partial charge is 0.481 e. The van der Waals surface area contributed by atoms with Gasteiger partial charge in [0.25, 0.3) is 0 Å². The highest BCUT2D eigenvalue weighted by Gasteiger charge is 2.23. The molecule has 7 nitrogen and oxygen atoms in total. The summed E-state index contributed by atoms with van der Waals surface area (Å²) in [6, 6.07) is -1.38. The van der Waals surface area contributed by atoms with Crippen molar-refractivity contribution in [2.24, 2.45) is 0 Å². The van der Waals surface area contributed by atoms with E-state index in [1.54, 1.807) is 0 Å². The van der Waals surface area contributed by atoms with Crippen LogP contribution >= 0.6 is 0 Å². The minimum absolute atomic E-state index is 0.246. The molecule has 0 aliphatic rings. The minimum Gasteiger partial charge on any atom is -0.481 e. The van der Waals surface area contributed by atoms with Crippen molar-refractivity contribution < 1.29 is 28.2 Å². The lowest BCUT2D eigenvalue weighted by Gasteiger charge is -2.12. The minimum atomic E-state index is -3.64. The first kappa shape index (κ1) is 13.8. The van der Waals surface area contributed by atoms with E-state index in [1.165, 1.54) is 6.92 Å². The second-order valence-electron chi connectivity index (χ2n) is 2.84. The monoisotopic (exact) mass is 239 g/mol. The van der Waals surface area contributed by atoms with E-state index in [0.717, 1.165) is 0 Å². The number of carboxylic acid groups (broad SMARTS) is 2. The lowest BCUT2D eigenvalue weighted by molar-refractivity contribution is -0.140. The second kappa shape index (κ2) is 5.66. The molecule has 1 atom stereocenters. The maximum absolute atomic E-state index is 11.0. The Morgan fingerprint density at radius 1 is 1.33 bits per heavy atom. The number of nitrogens with one attached hydrogen (secondary N) is 1. The Labute approximate surface area is 87.2 Å². The van der Waals surface area contributed by atoms with Gasteiger partial charge in [0, 0.05) is 6.42 Å². The molecule has 0 bridgehead atoms. The van der Waals surface area contributed by atoms with Crippen LogP contribution in [0.1, 0.15) is 19.8 Å². The van der Waals surface area contributed by atoms with Crippen LogP contribution in [0.2, 0.25) is 0 Å². The van der Waals surface area contributed by atoms with Crippen LogP contribution in [0.5, 0.6) is 0 Å². The number of rotatable bonds is 7. The topological polar surface area (TPSA) is 121 Å². The van der Waals surface area contributed by atoms with E-state index in [4.69, 9.17) is 10.2 Å². The molecule has 0 spiro atoms. The molecular weight excluding hydrogens is 226 g/mol. The zero-order valence-corrected chi connectivity index (χ0v) is 8.95. The zero-order valence-electron chi connectivity index (χ0n) is 8.13. The summed E-state index contributed by atoms with van der Waals surface area (Å²) in [4.78, 5) is 20.8. The van der Waals surface area contributed by atoms with Gasteiger partial charge in [-0.3, -0.25) is 9.59 Å². The molecule has 0 aromatic carbocycles. The number of aliphatic carboxylic acids is 2. The van der Waals surface area contributed by atoms with Crippen LogP contribution in [0.4, 0.5) is 0 Å². The molecule has 15 heavy (non-hydrogen) atoms. The SMILES string of the molecule is CCS(=O)(=O)NC(CCC(=O)O)C(=O)O. The molecule has 8 heteroatoms. The summed E-state index contributed by atoms with van der Waals surface area (Å²) in [5, 5.41) is 17.0. The molecule has 0 amide bonds. The molecule has 0 saturated carbocycles. The number of hydrogen-bond donors (Lipinski definition) is 3. The third-order valence-corrected chi connectivity index (χ3v) is 3.05. The van der Waals surface area contributed by atoms with E-state index in [0.29, 0.717) is 0 Å². The van der Waals surface area contributed by atoms with Gasteiger partial charge in [0.2, 0.25) is 10.0 Å². The summed E-state index contributed by atoms with van der Waals surface area (Å²) in [6.45, 7) is 1.36. The van der Waals surface area contributed by atoms with Crippen molar-refractivity contribution >= 4 is 22.0 Å². The van der Waals surface area contributed by atoms with Gasteiger partial charge >= 0.3 is 11.9 Å². The first-order chi connectivity index (χ1) is 6.78. The van der Waals surface area contributed by atoms with E-state index >= 15 is 0 Å². The third-order valence-electron chi connectivity index (χ3n) is 1.65. The van der Waals surface area contributed by atoms with Crippen LogP contribution in [0.15, 0.2) is 0 Å². The van der Waals surface area contributed by atoms with E-state index in [2.05, 4.69) is 0 Å². The van der Waals surface area contributed by atoms with Crippen molar-refractivity contribution in [3.8, 4) is 0 Å². The summed E-state index contributed by atoms with van der Waals surface area (Å²) < 4.78 is 24.0. The van der Waals surface area contributed by atoms with E-state index < -0.39 is 34.4 Å². The quantitative estimate of drug-likeness (QED) is 0.537. The number of sulfonamides is 1. The predicted molar refractivity (Wildman–Crippen MR) is 50.9 cm³/mol. The molecule has 88 valence electrons. The molecule has 0 rings (SSSR count). The van der Waals surface area contributed by atoms with Gasteiger partial charge in [-0.25, -0.2) is 13.1 Å². The molecule has 0 aromatic heterocycles. The van der Waals surface area contributed by atoms with Crippen molar-refractivity contribution in [3.05, 3.63) is 0 Å². The van der Waals surface area contributed by atoms with Gasteiger partial charge < -0.3 is 10.2 Å². The van der Waals surface area contributed by atoms with Gasteiger partial charge in [-0.2, -0.15) is 0 Å². The standard InChI is InChI=1S/C7H13NO6S/c1-2-15(13,14)8-5(7(11)12)3-4-6(9)10/h5,8H,2-4H2,1H3,(H,9,10)(H,11,12). The normalized spacial score (nSPS) is 13.4. The fourth-order valence-electron chi connectivity index (χ4n) is 0.801. The van der Waals surface area contributed by atoms with Gasteiger partial charge in [-0.15, -0.1) is 0 Å². The Kier molecular flexibility index (Phi) is 5.23. The van der Waals surface area contributed by atoms with Gasteiger partial charge in [-0.1, -0.05) is 0 Å². The number of hydrogen-bond acceptors (Lipinski definition) is 4. The molecule has 0 saturated heterocycles. The maximum atomic E-state index is 11.0. The molecule has 0 radical (unpaired) electrons. The van der Waals surface area contributed by atoms with Crippen LogP contribution < -0.4 is 4.72 Å². The molecule has 0 aliphatic carbocycles. The average molecular weight is 239 g/mol. The Balaban J connectivity index is 4.42. The summed E-state index contributed by atoms with van der Waals surface area (Å²) >= 11 is 0. The highest BCUT2D eigenvalue weighted by atomic mass is 32.2. The molecule has 1 unspecified atom stereocenters. The Morgan fingerprint density at radius 2 is 1.87 bits per heavy atom. The van der Waals surface area contributed by atoms with Crippen LogP contribution in [0.3, 0.4) is 0 Å². The van der Waals surface area contributed by atoms with Gasteiger partial charge in [0.1, 0.15) is 6.04 Å². The fourth-order valence-corrected chi connectivity index (χ4v) is 1.62. The van der Waals surface area contributed by atoms with E-state index in [-0.39, 0.29) is 12.2 Å². The smallest absolute Gasteiger partial charge is 0.321 e. The summed E-state index contributed by atoms with van der Waals surface area (Å²) in [6.07, 6.45) is -0.674. The van der Waals surface area contributed by atoms with Crippen LogP contribution in [-0.2, 0) is 19.6 Å². The molecule has 3 N–H and O–H groups in total. The molecule has 0 heterocycles. The lowest BCUT2D eigenvalue weighted by atomic mass is 10.2. The van der Waals surface area contributed by atoms with E-state index in [9.17, 15) is 18.0 Å². The summed E-state index contributed by atoms with van der Waals surface area (Å²) in [5.74, 6) is -2.80. The molecule has 0 fully saturated rings. The van der Waals surface area contributed by atoms with Crippen molar-refractivity contribution in [1.82, 2.24) is 4.72 Å². The second-order valence-corrected chi connectivity index (χ2v) is 4.89. The van der Waals surface area contributed by atoms with E-state index in [1.807, 2.05) is 4.72 Å². The Morgan fingerprint density at radius 3 is 2.20 bits per heavy atom. The van der Waals surface area contributed by atoms with Crippen molar-refractivity contribution in [1.29, 1.82) is 0 Å². The van der Waals surface area contributed by atoms with Gasteiger partial charge in [0.15, 0.2) is 0 Å². The summed E-state index contributed by atoms with van der Waals surface area (Å²) in [7, 11) is -3.64. The van der Waals surface area contributed by atoms with Crippen molar-refractivity contribution in [2.75, 3.05) is 5.75 Å². The van der Waals surface area contributed by atoms with Crippen molar-refractivity contribution in [2.45, 2.75) is 25.8 Å². The highest BCUT2D eigenvalue weighted by Crippen LogP contribution is 2.00. The molecular formula is C7H13NO6S. The third kappa shape index (κ3) is 6.02. The average Bonchev–Trinajstić information content (AvgIpc) is 2.11. The lowest BCUT2D eigenvalue weighted by Crippen LogP contribution is -2.41. The Bertz CT molecular complexity index is 335. The zero-order chi connectivity index (χ0) is 12.1. The van der Waals surface area contributed by atoms with Crippen LogP contribution in [0, 0.1) is 0 Å². The van der Waals surface area contributed by atoms with Crippen LogP contribution in [0.25, 0.3) is 0 Å². The van der Waals surface area contributed by atoms with Crippen molar-refractivity contribution in [3.63, 3.8) is 0 Å². The predicted octanol–water partition coefficient (Wildman–Crippen LogP) is -0.756. The maximum Gasteiger partial charge on any atom is 0.321 e. The summed E-state index contributed by atoms with van der Waals surface area (Å²) in [5.41, 5.74) is 0.